The number of hydrogen-bond acceptors (Lipinski definition) is 2. The third kappa shape index (κ3) is 2.69. The monoisotopic (exact) mass is 454 g/mol. The molecule has 5 aliphatic rings. The van der Waals surface area contributed by atoms with E-state index in [2.05, 4.69) is 47.3 Å². The van der Waals surface area contributed by atoms with E-state index in [-0.39, 0.29) is 22.2 Å². The van der Waals surface area contributed by atoms with Crippen LogP contribution < -0.4 is 0 Å². The van der Waals surface area contributed by atoms with Gasteiger partial charge in [0.05, 0.1) is 11.5 Å². The first kappa shape index (κ1) is 23.6. The summed E-state index contributed by atoms with van der Waals surface area (Å²) in [6.45, 7) is 18.8. The Hall–Kier alpha value is -1.09. The molecule has 10 unspecified atom stereocenters. The fraction of sp³-hybridized carbons (Fsp3) is 0.833. The first-order valence-corrected chi connectivity index (χ1v) is 13.6. The molecule has 5 rings (SSSR count). The Balaban J connectivity index is 1.60. The third-order valence-corrected chi connectivity index (χ3v) is 13.1. The van der Waals surface area contributed by atoms with Crippen molar-refractivity contribution in [2.75, 3.05) is 0 Å². The molecule has 5 aliphatic carbocycles. The molecule has 10 atom stereocenters. The first-order chi connectivity index (χ1) is 15.3. The maximum absolute atomic E-state index is 12.5. The number of aliphatic carboxylic acids is 1. The van der Waals surface area contributed by atoms with E-state index in [1.807, 2.05) is 6.92 Å². The number of carboxylic acid groups (broad SMARTS) is 1. The molecule has 33 heavy (non-hydrogen) atoms. The maximum Gasteiger partial charge on any atom is 0.312 e. The summed E-state index contributed by atoms with van der Waals surface area (Å²) in [5.74, 6) is 0.830. The molecule has 4 saturated carbocycles. The van der Waals surface area contributed by atoms with Gasteiger partial charge < -0.3 is 10.2 Å². The van der Waals surface area contributed by atoms with Crippen molar-refractivity contribution in [1.82, 2.24) is 0 Å². The van der Waals surface area contributed by atoms with E-state index >= 15 is 0 Å². The number of aliphatic hydroxyl groups excluding tert-OH is 1. The summed E-state index contributed by atoms with van der Waals surface area (Å²) >= 11 is 0. The van der Waals surface area contributed by atoms with E-state index < -0.39 is 17.5 Å². The standard InChI is InChI=1S/C30H46O3/c1-18-10-13-26(3)16-17-28(5)20(24(26)19(18)2)8-9-21-27(4)14-12-23(31)30(7,25(32)33)22(27)11-15-29(21,28)6/h8,19,21-24,31H,1,9-17H2,2-7H3,(H,32,33). The lowest BCUT2D eigenvalue weighted by Crippen LogP contribution is -2.66. The van der Waals surface area contributed by atoms with Crippen molar-refractivity contribution in [3.8, 4) is 0 Å². The van der Waals surface area contributed by atoms with Crippen LogP contribution in [-0.2, 0) is 4.79 Å². The normalized spacial score (nSPS) is 56.0. The van der Waals surface area contributed by atoms with E-state index in [4.69, 9.17) is 0 Å². The van der Waals surface area contributed by atoms with Gasteiger partial charge >= 0.3 is 5.97 Å². The van der Waals surface area contributed by atoms with Gasteiger partial charge in [0.25, 0.3) is 0 Å². The minimum absolute atomic E-state index is 0.0325. The van der Waals surface area contributed by atoms with Gasteiger partial charge in [-0.25, -0.2) is 0 Å². The van der Waals surface area contributed by atoms with Gasteiger partial charge in [0.1, 0.15) is 0 Å². The Labute approximate surface area is 201 Å². The minimum atomic E-state index is -1.04. The van der Waals surface area contributed by atoms with Crippen LogP contribution >= 0.6 is 0 Å². The predicted molar refractivity (Wildman–Crippen MR) is 133 cm³/mol. The minimum Gasteiger partial charge on any atom is -0.481 e. The summed E-state index contributed by atoms with van der Waals surface area (Å²) in [7, 11) is 0. The molecule has 2 N–H and O–H groups in total. The van der Waals surface area contributed by atoms with Crippen molar-refractivity contribution in [2.45, 2.75) is 105 Å². The van der Waals surface area contributed by atoms with Crippen molar-refractivity contribution < 1.29 is 15.0 Å². The number of allylic oxidation sites excluding steroid dienone is 3. The highest BCUT2D eigenvalue weighted by Gasteiger charge is 2.69. The van der Waals surface area contributed by atoms with Crippen LogP contribution in [0.1, 0.15) is 99.3 Å². The fourth-order valence-corrected chi connectivity index (χ4v) is 10.5. The number of hydrogen-bond donors (Lipinski definition) is 2. The lowest BCUT2D eigenvalue weighted by Gasteiger charge is -2.71. The van der Waals surface area contributed by atoms with Gasteiger partial charge in [-0.05, 0) is 110 Å². The number of carboxylic acids is 1. The van der Waals surface area contributed by atoms with Crippen LogP contribution in [0, 0.1) is 50.7 Å². The summed E-state index contributed by atoms with van der Waals surface area (Å²) in [5, 5.41) is 21.1. The zero-order valence-electron chi connectivity index (χ0n) is 21.8. The highest BCUT2D eigenvalue weighted by Crippen LogP contribution is 2.75. The zero-order valence-corrected chi connectivity index (χ0v) is 21.8. The number of fused-ring (bicyclic) bond motifs is 7. The van der Waals surface area contributed by atoms with Crippen LogP contribution in [0.25, 0.3) is 0 Å². The molecule has 184 valence electrons. The second-order valence-electron chi connectivity index (χ2n) is 14.0. The van der Waals surface area contributed by atoms with Gasteiger partial charge in [-0.15, -0.1) is 0 Å². The van der Waals surface area contributed by atoms with E-state index in [1.54, 1.807) is 5.57 Å². The molecule has 0 aromatic heterocycles. The van der Waals surface area contributed by atoms with E-state index in [9.17, 15) is 15.0 Å². The van der Waals surface area contributed by atoms with Crippen molar-refractivity contribution in [3.05, 3.63) is 23.8 Å². The first-order valence-electron chi connectivity index (χ1n) is 13.6. The van der Waals surface area contributed by atoms with Gasteiger partial charge in [-0.1, -0.05) is 58.4 Å². The Morgan fingerprint density at radius 2 is 1.70 bits per heavy atom. The zero-order chi connectivity index (χ0) is 24.2. The van der Waals surface area contributed by atoms with Crippen molar-refractivity contribution in [3.63, 3.8) is 0 Å². The molecule has 0 amide bonds. The van der Waals surface area contributed by atoms with Crippen LogP contribution in [0.15, 0.2) is 23.8 Å². The van der Waals surface area contributed by atoms with Crippen LogP contribution in [0.5, 0.6) is 0 Å². The van der Waals surface area contributed by atoms with Gasteiger partial charge in [-0.3, -0.25) is 4.79 Å². The fourth-order valence-electron chi connectivity index (χ4n) is 10.5. The van der Waals surface area contributed by atoms with E-state index in [0.717, 1.165) is 25.7 Å². The lowest BCUT2D eigenvalue weighted by molar-refractivity contribution is -0.216. The average molecular weight is 455 g/mol. The predicted octanol–water partition coefficient (Wildman–Crippen LogP) is 7.01. The van der Waals surface area contributed by atoms with Crippen LogP contribution in [-0.4, -0.2) is 22.3 Å². The smallest absolute Gasteiger partial charge is 0.312 e. The van der Waals surface area contributed by atoms with Gasteiger partial charge in [0.15, 0.2) is 0 Å². The molecular formula is C30H46O3. The Bertz CT molecular complexity index is 920. The van der Waals surface area contributed by atoms with E-state index in [1.165, 1.54) is 31.3 Å². The largest absolute Gasteiger partial charge is 0.481 e. The molecular weight excluding hydrogens is 408 g/mol. The molecule has 0 radical (unpaired) electrons. The molecule has 0 spiro atoms. The Morgan fingerprint density at radius 1 is 1.00 bits per heavy atom. The van der Waals surface area contributed by atoms with Crippen LogP contribution in [0.4, 0.5) is 0 Å². The van der Waals surface area contributed by atoms with Crippen molar-refractivity contribution in [1.29, 1.82) is 0 Å². The highest BCUT2D eigenvalue weighted by atomic mass is 16.4. The van der Waals surface area contributed by atoms with Crippen molar-refractivity contribution >= 4 is 5.97 Å². The molecule has 3 heteroatoms. The number of carbonyl (C=O) groups is 1. The van der Waals surface area contributed by atoms with Gasteiger partial charge in [-0.2, -0.15) is 0 Å². The topological polar surface area (TPSA) is 57.5 Å². The molecule has 0 aromatic carbocycles. The number of aliphatic hydroxyl groups is 1. The quantitative estimate of drug-likeness (QED) is 0.419. The Morgan fingerprint density at radius 3 is 2.36 bits per heavy atom. The van der Waals surface area contributed by atoms with Crippen molar-refractivity contribution in [2.24, 2.45) is 50.7 Å². The Kier molecular flexibility index (Phi) is 5.01. The number of rotatable bonds is 1. The lowest BCUT2D eigenvalue weighted by atomic mass is 9.33. The SMILES string of the molecule is C=C1CCC2(C)CCC3(C)C(=CCC4C5(C)CCC(O)C(C)(C(=O)O)C5CCC43C)C2C1C. The molecule has 0 aliphatic heterocycles. The highest BCUT2D eigenvalue weighted by molar-refractivity contribution is 5.76. The second-order valence-corrected chi connectivity index (χ2v) is 14.0. The van der Waals surface area contributed by atoms with Crippen LogP contribution in [0.3, 0.4) is 0 Å². The second kappa shape index (κ2) is 6.99. The van der Waals surface area contributed by atoms with E-state index in [0.29, 0.717) is 29.6 Å². The summed E-state index contributed by atoms with van der Waals surface area (Å²) in [6, 6.07) is 0. The molecule has 3 nitrogen and oxygen atoms in total. The summed E-state index contributed by atoms with van der Waals surface area (Å²) in [4.78, 5) is 12.5. The van der Waals surface area contributed by atoms with Gasteiger partial charge in [0, 0.05) is 0 Å². The molecule has 0 aromatic rings. The summed E-state index contributed by atoms with van der Waals surface area (Å²) in [6.07, 6.45) is 11.4. The molecule has 4 fully saturated rings. The molecule has 0 bridgehead atoms. The van der Waals surface area contributed by atoms with Crippen LogP contribution in [0.2, 0.25) is 0 Å². The third-order valence-electron chi connectivity index (χ3n) is 13.1. The average Bonchev–Trinajstić information content (AvgIpc) is 2.75. The maximum atomic E-state index is 12.5. The summed E-state index contributed by atoms with van der Waals surface area (Å²) < 4.78 is 0. The molecule has 0 saturated heterocycles. The molecule has 0 heterocycles. The van der Waals surface area contributed by atoms with Gasteiger partial charge in [0.2, 0.25) is 0 Å². The summed E-state index contributed by atoms with van der Waals surface area (Å²) in [5.41, 5.74) is 2.77.